The van der Waals surface area contributed by atoms with Gasteiger partial charge in [0.2, 0.25) is 5.91 Å². The van der Waals surface area contributed by atoms with Gasteiger partial charge in [-0.3, -0.25) is 9.59 Å². The number of nitrogens with one attached hydrogen (secondary N) is 1. The lowest BCUT2D eigenvalue weighted by atomic mass is 9.76. The standard InChI is InChI=1S/C26H31FN2O3/c1-18-9-10-19(17-23(18)32-2)26(13-5-6-14-26)25(31)29-15-11-20(12-16-29)28-24(30)21-7-3-4-8-22(21)27/h3-4,7-10,17,20H,5-6,11-16H2,1-2H3,(H,28,30). The van der Waals surface area contributed by atoms with Crippen LogP contribution in [-0.4, -0.2) is 43.0 Å². The van der Waals surface area contributed by atoms with Crippen LogP contribution in [0.2, 0.25) is 0 Å². The van der Waals surface area contributed by atoms with Gasteiger partial charge in [-0.05, 0) is 61.9 Å². The molecular weight excluding hydrogens is 407 g/mol. The molecule has 0 spiro atoms. The zero-order valence-corrected chi connectivity index (χ0v) is 18.8. The Kier molecular flexibility index (Phi) is 6.49. The van der Waals surface area contributed by atoms with Crippen LogP contribution in [0.5, 0.6) is 5.75 Å². The lowest BCUT2D eigenvalue weighted by molar-refractivity contribution is -0.138. The number of ether oxygens (including phenoxy) is 1. The van der Waals surface area contributed by atoms with Gasteiger partial charge in [0.1, 0.15) is 11.6 Å². The van der Waals surface area contributed by atoms with Gasteiger partial charge >= 0.3 is 0 Å². The maximum atomic E-state index is 13.9. The highest BCUT2D eigenvalue weighted by atomic mass is 19.1. The van der Waals surface area contributed by atoms with Crippen molar-refractivity contribution < 1.29 is 18.7 Å². The molecule has 32 heavy (non-hydrogen) atoms. The first-order valence-corrected chi connectivity index (χ1v) is 11.4. The van der Waals surface area contributed by atoms with Gasteiger partial charge in [0.05, 0.1) is 18.1 Å². The third kappa shape index (κ3) is 4.23. The van der Waals surface area contributed by atoms with E-state index in [4.69, 9.17) is 4.74 Å². The SMILES string of the molecule is COc1cc(C2(C(=O)N3CCC(NC(=O)c4ccccc4F)CC3)CCCC2)ccc1C. The van der Waals surface area contributed by atoms with Crippen molar-refractivity contribution in [1.29, 1.82) is 0 Å². The van der Waals surface area contributed by atoms with Gasteiger partial charge in [-0.15, -0.1) is 0 Å². The average Bonchev–Trinajstić information content (AvgIpc) is 3.31. The number of piperidine rings is 1. The van der Waals surface area contributed by atoms with Crippen LogP contribution in [0, 0.1) is 12.7 Å². The smallest absolute Gasteiger partial charge is 0.254 e. The second-order valence-electron chi connectivity index (χ2n) is 8.99. The van der Waals surface area contributed by atoms with Crippen molar-refractivity contribution in [2.75, 3.05) is 20.2 Å². The Bertz CT molecular complexity index is 992. The van der Waals surface area contributed by atoms with Crippen molar-refractivity contribution in [3.8, 4) is 5.75 Å². The fourth-order valence-corrected chi connectivity index (χ4v) is 5.16. The third-order valence-electron chi connectivity index (χ3n) is 7.06. The summed E-state index contributed by atoms with van der Waals surface area (Å²) < 4.78 is 19.4. The van der Waals surface area contributed by atoms with Crippen LogP contribution in [0.4, 0.5) is 4.39 Å². The Labute approximate surface area is 188 Å². The van der Waals surface area contributed by atoms with Gasteiger partial charge in [0.15, 0.2) is 0 Å². The molecule has 2 amide bonds. The summed E-state index contributed by atoms with van der Waals surface area (Å²) >= 11 is 0. The third-order valence-corrected chi connectivity index (χ3v) is 7.06. The summed E-state index contributed by atoms with van der Waals surface area (Å²) in [7, 11) is 1.66. The minimum Gasteiger partial charge on any atom is -0.496 e. The Balaban J connectivity index is 1.44. The molecule has 4 rings (SSSR count). The first-order chi connectivity index (χ1) is 15.4. The van der Waals surface area contributed by atoms with Gasteiger partial charge in [0.25, 0.3) is 5.91 Å². The van der Waals surface area contributed by atoms with E-state index < -0.39 is 17.1 Å². The molecule has 2 fully saturated rings. The average molecular weight is 439 g/mol. The van der Waals surface area contributed by atoms with Gasteiger partial charge in [-0.1, -0.05) is 37.1 Å². The van der Waals surface area contributed by atoms with E-state index in [0.29, 0.717) is 25.9 Å². The van der Waals surface area contributed by atoms with E-state index in [2.05, 4.69) is 11.4 Å². The van der Waals surface area contributed by atoms with Gasteiger partial charge in [-0.25, -0.2) is 4.39 Å². The van der Waals surface area contributed by atoms with Gasteiger partial charge in [0, 0.05) is 19.1 Å². The fourth-order valence-electron chi connectivity index (χ4n) is 5.16. The van der Waals surface area contributed by atoms with E-state index in [9.17, 15) is 14.0 Å². The maximum Gasteiger partial charge on any atom is 0.254 e. The molecule has 6 heteroatoms. The Hall–Kier alpha value is -2.89. The van der Waals surface area contributed by atoms with E-state index in [0.717, 1.165) is 42.6 Å². The predicted octanol–water partition coefficient (Wildman–Crippen LogP) is 4.38. The minimum absolute atomic E-state index is 0.0595. The molecule has 1 aliphatic carbocycles. The van der Waals surface area contributed by atoms with E-state index in [1.165, 1.54) is 12.1 Å². The van der Waals surface area contributed by atoms with Gasteiger partial charge in [-0.2, -0.15) is 0 Å². The number of hydrogen-bond acceptors (Lipinski definition) is 3. The molecule has 0 bridgehead atoms. The lowest BCUT2D eigenvalue weighted by Crippen LogP contribution is -2.52. The monoisotopic (exact) mass is 438 g/mol. The molecule has 1 saturated carbocycles. The summed E-state index contributed by atoms with van der Waals surface area (Å²) in [5.41, 5.74) is 1.66. The Morgan fingerprint density at radius 1 is 1.09 bits per heavy atom. The van der Waals surface area contributed by atoms with Crippen LogP contribution in [0.15, 0.2) is 42.5 Å². The molecule has 0 aromatic heterocycles. The molecule has 1 N–H and O–H groups in total. The highest BCUT2D eigenvalue weighted by molar-refractivity contribution is 5.94. The summed E-state index contributed by atoms with van der Waals surface area (Å²) in [6, 6.07) is 12.1. The number of benzene rings is 2. The van der Waals surface area contributed by atoms with Crippen LogP contribution in [-0.2, 0) is 10.2 Å². The number of likely N-dealkylation sites (tertiary alicyclic amines) is 1. The molecule has 2 aromatic rings. The zero-order valence-electron chi connectivity index (χ0n) is 18.8. The lowest BCUT2D eigenvalue weighted by Gasteiger charge is -2.39. The molecule has 0 radical (unpaired) electrons. The second kappa shape index (κ2) is 9.31. The van der Waals surface area contributed by atoms with Crippen LogP contribution >= 0.6 is 0 Å². The van der Waals surface area contributed by atoms with Crippen LogP contribution in [0.1, 0.15) is 60.0 Å². The molecule has 2 aliphatic rings. The molecule has 2 aromatic carbocycles. The number of amides is 2. The number of carbonyl (C=O) groups is 2. The number of nitrogens with zero attached hydrogens (tertiary/aromatic N) is 1. The molecule has 0 atom stereocenters. The minimum atomic E-state index is -0.519. The van der Waals surface area contributed by atoms with Crippen LogP contribution in [0.3, 0.4) is 0 Å². The van der Waals surface area contributed by atoms with E-state index in [1.54, 1.807) is 19.2 Å². The van der Waals surface area contributed by atoms with E-state index >= 15 is 0 Å². The van der Waals surface area contributed by atoms with Crippen molar-refractivity contribution >= 4 is 11.8 Å². The normalized spacial score (nSPS) is 18.4. The maximum absolute atomic E-state index is 13.9. The van der Waals surface area contributed by atoms with Crippen molar-refractivity contribution in [1.82, 2.24) is 10.2 Å². The zero-order chi connectivity index (χ0) is 22.7. The predicted molar refractivity (Wildman–Crippen MR) is 121 cm³/mol. The molecule has 170 valence electrons. The Morgan fingerprint density at radius 3 is 2.44 bits per heavy atom. The van der Waals surface area contributed by atoms with Crippen LogP contribution in [0.25, 0.3) is 0 Å². The number of halogens is 1. The van der Waals surface area contributed by atoms with Crippen LogP contribution < -0.4 is 10.1 Å². The Morgan fingerprint density at radius 2 is 1.78 bits per heavy atom. The van der Waals surface area contributed by atoms with E-state index in [1.807, 2.05) is 24.0 Å². The first-order valence-electron chi connectivity index (χ1n) is 11.4. The highest BCUT2D eigenvalue weighted by Crippen LogP contribution is 2.44. The molecule has 1 aliphatic heterocycles. The largest absolute Gasteiger partial charge is 0.496 e. The summed E-state index contributed by atoms with van der Waals surface area (Å²) in [6.07, 6.45) is 5.11. The number of carbonyl (C=O) groups excluding carboxylic acids is 2. The summed E-state index contributed by atoms with van der Waals surface area (Å²) in [5.74, 6) is 0.0807. The van der Waals surface area contributed by atoms with Crippen molar-refractivity contribution in [3.05, 3.63) is 65.0 Å². The number of hydrogen-bond donors (Lipinski definition) is 1. The number of methoxy groups -OCH3 is 1. The molecule has 1 saturated heterocycles. The molecule has 0 unspecified atom stereocenters. The number of aryl methyl sites for hydroxylation is 1. The summed E-state index contributed by atoms with van der Waals surface area (Å²) in [6.45, 7) is 3.18. The first kappa shape index (κ1) is 22.3. The molecular formula is C26H31FN2O3. The fraction of sp³-hybridized carbons (Fsp3) is 0.462. The number of rotatable bonds is 5. The second-order valence-corrected chi connectivity index (χ2v) is 8.99. The van der Waals surface area contributed by atoms with Crippen molar-refractivity contribution in [2.24, 2.45) is 0 Å². The van der Waals surface area contributed by atoms with Crippen molar-refractivity contribution in [3.63, 3.8) is 0 Å². The molecule has 5 nitrogen and oxygen atoms in total. The summed E-state index contributed by atoms with van der Waals surface area (Å²) in [4.78, 5) is 28.1. The van der Waals surface area contributed by atoms with E-state index in [-0.39, 0.29) is 17.5 Å². The molecule has 1 heterocycles. The van der Waals surface area contributed by atoms with Crippen molar-refractivity contribution in [2.45, 2.75) is 56.9 Å². The topological polar surface area (TPSA) is 58.6 Å². The highest BCUT2D eigenvalue weighted by Gasteiger charge is 2.45. The quantitative estimate of drug-likeness (QED) is 0.754. The summed E-state index contributed by atoms with van der Waals surface area (Å²) in [5, 5.41) is 2.93. The van der Waals surface area contributed by atoms with Gasteiger partial charge < -0.3 is 15.0 Å².